The highest BCUT2D eigenvalue weighted by molar-refractivity contribution is 6.00. The number of benzene rings is 2. The lowest BCUT2D eigenvalue weighted by molar-refractivity contribution is -0.274. The van der Waals surface area contributed by atoms with Crippen molar-refractivity contribution < 1.29 is 58.1 Å². The molecule has 1 aliphatic heterocycles. The van der Waals surface area contributed by atoms with Crippen molar-refractivity contribution >= 4 is 17.8 Å². The van der Waals surface area contributed by atoms with E-state index in [1.807, 2.05) is 27.7 Å². The summed E-state index contributed by atoms with van der Waals surface area (Å²) in [7, 11) is 1.23. The molecule has 1 aliphatic rings. The Hall–Kier alpha value is -3.62. The Morgan fingerprint density at radius 3 is 2.16 bits per heavy atom. The molecule has 3 rings (SSSR count). The minimum Gasteiger partial charge on any atom is -0.481 e. The zero-order chi connectivity index (χ0) is 33.5. The fourth-order valence-corrected chi connectivity index (χ4v) is 4.67. The SMILES string of the molecule is COC(=O)c1cc(C(=O)NC(C)(C)CCOC(C)(C)CCC(=O)O)cc(-c2ccc(O[C@H]3O[C@H](CF)[C@@H](O)[C@H](O)[C@@H]3O)cc2)c1. The third-order valence-electron chi connectivity index (χ3n) is 7.49. The average molecular weight is 636 g/mol. The first-order chi connectivity index (χ1) is 21.1. The van der Waals surface area contributed by atoms with Gasteiger partial charge in [-0.15, -0.1) is 0 Å². The second-order valence-corrected chi connectivity index (χ2v) is 12.2. The first kappa shape index (κ1) is 35.9. The number of ether oxygens (including phenoxy) is 4. The third kappa shape index (κ3) is 9.93. The van der Waals surface area contributed by atoms with E-state index >= 15 is 0 Å². The molecule has 1 amide bonds. The predicted molar refractivity (Wildman–Crippen MR) is 160 cm³/mol. The van der Waals surface area contributed by atoms with E-state index in [9.17, 15) is 34.1 Å². The van der Waals surface area contributed by atoms with E-state index in [1.54, 1.807) is 24.3 Å². The monoisotopic (exact) mass is 635 g/mol. The van der Waals surface area contributed by atoms with Crippen LogP contribution in [-0.4, -0.2) is 101 Å². The topological polar surface area (TPSA) is 181 Å². The molecule has 2 aromatic carbocycles. The van der Waals surface area contributed by atoms with E-state index in [2.05, 4.69) is 5.32 Å². The molecule has 0 aliphatic carbocycles. The van der Waals surface area contributed by atoms with Crippen molar-refractivity contribution in [2.24, 2.45) is 0 Å². The van der Waals surface area contributed by atoms with E-state index in [0.717, 1.165) is 0 Å². The van der Waals surface area contributed by atoms with Gasteiger partial charge in [-0.3, -0.25) is 9.59 Å². The lowest BCUT2D eigenvalue weighted by atomic mass is 9.97. The lowest BCUT2D eigenvalue weighted by Gasteiger charge is -2.39. The molecular formula is C32H42FNO11. The smallest absolute Gasteiger partial charge is 0.337 e. The van der Waals surface area contributed by atoms with Crippen molar-refractivity contribution in [3.63, 3.8) is 0 Å². The summed E-state index contributed by atoms with van der Waals surface area (Å²) in [6.45, 7) is 6.46. The number of carbonyl (C=O) groups excluding carboxylic acids is 2. The largest absolute Gasteiger partial charge is 0.481 e. The number of halogens is 1. The maximum atomic E-state index is 13.4. The maximum absolute atomic E-state index is 13.4. The Morgan fingerprint density at radius 2 is 1.56 bits per heavy atom. The number of aliphatic hydroxyl groups is 3. The van der Waals surface area contributed by atoms with Gasteiger partial charge >= 0.3 is 11.9 Å². The highest BCUT2D eigenvalue weighted by Gasteiger charge is 2.45. The summed E-state index contributed by atoms with van der Waals surface area (Å²) in [4.78, 5) is 36.7. The van der Waals surface area contributed by atoms with E-state index in [4.69, 9.17) is 24.1 Å². The van der Waals surface area contributed by atoms with E-state index < -0.39 is 66.4 Å². The fraction of sp³-hybridized carbons (Fsp3) is 0.531. The average Bonchev–Trinajstić information content (AvgIpc) is 2.99. The Bertz CT molecular complexity index is 1330. The number of methoxy groups -OCH3 is 1. The quantitative estimate of drug-likeness (QED) is 0.193. The van der Waals surface area contributed by atoms with Crippen LogP contribution in [0.4, 0.5) is 4.39 Å². The van der Waals surface area contributed by atoms with Crippen molar-refractivity contribution in [3.8, 4) is 16.9 Å². The van der Waals surface area contributed by atoms with Crippen LogP contribution in [0.1, 0.15) is 67.7 Å². The van der Waals surface area contributed by atoms with E-state index in [1.165, 1.54) is 25.3 Å². The second-order valence-electron chi connectivity index (χ2n) is 12.2. The van der Waals surface area contributed by atoms with Crippen molar-refractivity contribution in [3.05, 3.63) is 53.6 Å². The van der Waals surface area contributed by atoms with Gasteiger partial charge in [-0.1, -0.05) is 12.1 Å². The number of hydrogen-bond acceptors (Lipinski definition) is 10. The molecule has 0 unspecified atom stereocenters. The number of aliphatic hydroxyl groups excluding tert-OH is 3. The number of aliphatic carboxylic acids is 1. The molecule has 0 spiro atoms. The molecule has 0 bridgehead atoms. The van der Waals surface area contributed by atoms with Gasteiger partial charge in [-0.2, -0.15) is 0 Å². The Kier molecular flexibility index (Phi) is 12.0. The minimum absolute atomic E-state index is 0.0180. The van der Waals surface area contributed by atoms with Crippen LogP contribution in [0.25, 0.3) is 11.1 Å². The standard InChI is InChI=1S/C32H42FNO11/c1-31(2,12-13-43-32(3,4)11-10-24(35)36)34-28(40)20-14-19(15-21(16-20)29(41)42-5)18-6-8-22(9-7-18)44-30-27(39)26(38)25(37)23(17-33)45-30/h6-9,14-16,23,25-27,30,37-39H,10-13,17H2,1-5H3,(H,34,40)(H,35,36)/t23-,25-,26+,27+,30+/m1/s1. The van der Waals surface area contributed by atoms with E-state index in [-0.39, 0.29) is 29.9 Å². The Morgan fingerprint density at radius 1 is 0.911 bits per heavy atom. The number of carbonyl (C=O) groups is 3. The van der Waals surface area contributed by atoms with Crippen LogP contribution in [0.3, 0.4) is 0 Å². The van der Waals surface area contributed by atoms with Gasteiger partial charge in [0, 0.05) is 24.1 Å². The molecular weight excluding hydrogens is 593 g/mol. The summed E-state index contributed by atoms with van der Waals surface area (Å²) in [5.41, 5.74) is 0.100. The van der Waals surface area contributed by atoms with Gasteiger partial charge in [-0.05, 0) is 82.0 Å². The van der Waals surface area contributed by atoms with Crippen LogP contribution in [0, 0.1) is 0 Å². The van der Waals surface area contributed by atoms with Crippen molar-refractivity contribution in [2.75, 3.05) is 20.4 Å². The highest BCUT2D eigenvalue weighted by atomic mass is 19.1. The third-order valence-corrected chi connectivity index (χ3v) is 7.49. The van der Waals surface area contributed by atoms with Crippen molar-refractivity contribution in [1.82, 2.24) is 5.32 Å². The first-order valence-electron chi connectivity index (χ1n) is 14.5. The number of carboxylic acids is 1. The zero-order valence-corrected chi connectivity index (χ0v) is 26.0. The molecule has 13 heteroatoms. The summed E-state index contributed by atoms with van der Waals surface area (Å²) in [6, 6.07) is 10.9. The first-order valence-corrected chi connectivity index (χ1v) is 14.5. The molecule has 5 atom stereocenters. The Balaban J connectivity index is 1.74. The second kappa shape index (κ2) is 15.1. The number of amides is 1. The van der Waals surface area contributed by atoms with Crippen LogP contribution in [0.5, 0.6) is 5.75 Å². The molecule has 5 N–H and O–H groups in total. The zero-order valence-electron chi connectivity index (χ0n) is 26.0. The molecule has 0 saturated carbocycles. The van der Waals surface area contributed by atoms with Crippen LogP contribution < -0.4 is 10.1 Å². The maximum Gasteiger partial charge on any atom is 0.337 e. The highest BCUT2D eigenvalue weighted by Crippen LogP contribution is 2.29. The van der Waals surface area contributed by atoms with Crippen LogP contribution in [0.15, 0.2) is 42.5 Å². The van der Waals surface area contributed by atoms with Gasteiger partial charge in [0.1, 0.15) is 36.8 Å². The molecule has 0 radical (unpaired) electrons. The number of nitrogens with one attached hydrogen (secondary N) is 1. The van der Waals surface area contributed by atoms with Crippen LogP contribution >= 0.6 is 0 Å². The Labute approximate surface area is 261 Å². The van der Waals surface area contributed by atoms with Gasteiger partial charge in [0.25, 0.3) is 5.91 Å². The number of esters is 1. The molecule has 1 heterocycles. The number of carboxylic acid groups (broad SMARTS) is 1. The molecule has 12 nitrogen and oxygen atoms in total. The molecule has 45 heavy (non-hydrogen) atoms. The summed E-state index contributed by atoms with van der Waals surface area (Å²) >= 11 is 0. The predicted octanol–water partition coefficient (Wildman–Crippen LogP) is 2.85. The number of hydrogen-bond donors (Lipinski definition) is 5. The summed E-state index contributed by atoms with van der Waals surface area (Å²) in [5.74, 6) is -1.78. The summed E-state index contributed by atoms with van der Waals surface area (Å²) < 4.78 is 34.8. The summed E-state index contributed by atoms with van der Waals surface area (Å²) in [6.07, 6.45) is -6.94. The molecule has 0 aromatic heterocycles. The van der Waals surface area contributed by atoms with Crippen molar-refractivity contribution in [1.29, 1.82) is 0 Å². The minimum atomic E-state index is -1.66. The van der Waals surface area contributed by atoms with Gasteiger partial charge in [0.05, 0.1) is 18.3 Å². The molecule has 1 fully saturated rings. The number of alkyl halides is 1. The molecule has 248 valence electrons. The molecule has 1 saturated heterocycles. The van der Waals surface area contributed by atoms with Crippen LogP contribution in [0.2, 0.25) is 0 Å². The van der Waals surface area contributed by atoms with Crippen LogP contribution in [-0.2, 0) is 19.0 Å². The fourth-order valence-electron chi connectivity index (χ4n) is 4.67. The van der Waals surface area contributed by atoms with Gasteiger partial charge < -0.3 is 44.7 Å². The number of rotatable bonds is 14. The lowest BCUT2D eigenvalue weighted by Crippen LogP contribution is -2.59. The van der Waals surface area contributed by atoms with Crippen molar-refractivity contribution in [2.45, 2.75) is 88.8 Å². The van der Waals surface area contributed by atoms with Gasteiger partial charge in [0.15, 0.2) is 0 Å². The van der Waals surface area contributed by atoms with E-state index in [0.29, 0.717) is 24.0 Å². The normalized spacial score (nSPS) is 22.0. The summed E-state index contributed by atoms with van der Waals surface area (Å²) in [5, 5.41) is 42.0. The molecule has 2 aromatic rings. The van der Waals surface area contributed by atoms with Gasteiger partial charge in [-0.25, -0.2) is 9.18 Å². The van der Waals surface area contributed by atoms with Gasteiger partial charge in [0.2, 0.25) is 6.29 Å².